The SMILES string of the molecule is CC1OC(Oc2cc(O)c3c(=O)c(OC4OC(COC(=O)C=Cc5ccc(O)c(O)c5)C(O)C(O)C4OC4OC(CO)C(O)C(O)C4O)c(-c4ccc(O)c(O)c4)oc3c2)C(O)C(O)C1O. The van der Waals surface area contributed by atoms with E-state index < -0.39 is 168 Å². The molecule has 3 aromatic carbocycles. The van der Waals surface area contributed by atoms with E-state index in [1.807, 2.05) is 0 Å². The summed E-state index contributed by atoms with van der Waals surface area (Å²) in [5.41, 5.74) is -1.57. The maximum atomic E-state index is 14.5. The van der Waals surface area contributed by atoms with Crippen molar-refractivity contribution in [3.8, 4) is 51.6 Å². The Hall–Kier alpha value is -5.84. The molecule has 1 aromatic heterocycles. The lowest BCUT2D eigenvalue weighted by Gasteiger charge is -2.45. The second-order valence-corrected chi connectivity index (χ2v) is 15.6. The van der Waals surface area contributed by atoms with Crippen molar-refractivity contribution < 1.29 is 114 Å². The minimum Gasteiger partial charge on any atom is -0.507 e. The number of carbonyl (C=O) groups excluding carboxylic acids is 1. The molecule has 0 aliphatic carbocycles. The van der Waals surface area contributed by atoms with Crippen LogP contribution in [0.15, 0.2) is 63.8 Å². The highest BCUT2D eigenvalue weighted by molar-refractivity contribution is 5.89. The van der Waals surface area contributed by atoms with Crippen LogP contribution in [0.3, 0.4) is 0 Å². The third kappa shape index (κ3) is 9.67. The van der Waals surface area contributed by atoms with Crippen LogP contribution < -0.4 is 14.9 Å². The first kappa shape index (κ1) is 48.1. The van der Waals surface area contributed by atoms with Crippen molar-refractivity contribution in [2.24, 2.45) is 0 Å². The number of ether oxygens (including phenoxy) is 7. The predicted octanol–water partition coefficient (Wildman–Crippen LogP) is -2.54. The molecular formula is C42H46O24. The molecule has 24 heteroatoms. The highest BCUT2D eigenvalue weighted by atomic mass is 16.8. The molecule has 4 aromatic rings. The number of benzene rings is 3. The third-order valence-corrected chi connectivity index (χ3v) is 11.0. The van der Waals surface area contributed by atoms with Crippen LogP contribution in [0, 0.1) is 0 Å². The summed E-state index contributed by atoms with van der Waals surface area (Å²) < 4.78 is 45.6. The molecule has 24 nitrogen and oxygen atoms in total. The summed E-state index contributed by atoms with van der Waals surface area (Å²) in [5, 5.41) is 146. The van der Waals surface area contributed by atoms with E-state index in [-0.39, 0.29) is 16.9 Å². The quantitative estimate of drug-likeness (QED) is 0.0395. The van der Waals surface area contributed by atoms with E-state index in [1.54, 1.807) is 0 Å². The van der Waals surface area contributed by atoms with Gasteiger partial charge < -0.3 is 109 Å². The largest absolute Gasteiger partial charge is 0.507 e. The molecule has 3 aliphatic heterocycles. The lowest BCUT2D eigenvalue weighted by Crippen LogP contribution is -2.65. The number of phenolic OH excluding ortho intramolecular Hbond substituents is 5. The summed E-state index contributed by atoms with van der Waals surface area (Å²) in [6.07, 6.45) is -25.1. The van der Waals surface area contributed by atoms with Crippen LogP contribution in [-0.4, -0.2) is 183 Å². The van der Waals surface area contributed by atoms with Crippen LogP contribution in [0.25, 0.3) is 28.4 Å². The molecular weight excluding hydrogens is 888 g/mol. The zero-order valence-corrected chi connectivity index (χ0v) is 34.2. The van der Waals surface area contributed by atoms with E-state index in [1.165, 1.54) is 19.1 Å². The molecule has 3 fully saturated rings. The van der Waals surface area contributed by atoms with Crippen molar-refractivity contribution >= 4 is 23.0 Å². The predicted molar refractivity (Wildman–Crippen MR) is 216 cm³/mol. The maximum Gasteiger partial charge on any atom is 0.330 e. The van der Waals surface area contributed by atoms with Crippen LogP contribution in [0.5, 0.6) is 40.2 Å². The number of phenols is 5. The van der Waals surface area contributed by atoms with Crippen molar-refractivity contribution in [1.29, 1.82) is 0 Å². The number of aliphatic hydroxyl groups excluding tert-OH is 9. The number of hydrogen-bond donors (Lipinski definition) is 14. The van der Waals surface area contributed by atoms with Crippen LogP contribution >= 0.6 is 0 Å². The van der Waals surface area contributed by atoms with E-state index in [0.29, 0.717) is 0 Å². The number of carbonyl (C=O) groups is 1. The summed E-state index contributed by atoms with van der Waals surface area (Å²) in [4.78, 5) is 27.3. The van der Waals surface area contributed by atoms with Gasteiger partial charge in [-0.05, 0) is 48.9 Å². The Labute approximate surface area is 370 Å². The normalized spacial score (nSPS) is 32.6. The van der Waals surface area contributed by atoms with Gasteiger partial charge in [0, 0.05) is 23.8 Å². The standard InChI is InChI=1S/C42H46O24/c1-14-28(50)32(54)35(57)40(60-14)61-17-10-22(48)27-23(11-17)62-37(16-4-6-19(45)21(47)9-16)38(31(27)53)65-42-39(66-41-36(58)33(55)29(51)24(12-43)63-41)34(56)30(52)25(64-42)13-59-26(49)7-3-15-2-5-18(44)20(46)8-15/h2-11,14,24-25,28-30,32-36,39-48,50-52,54-58H,12-13H2,1H3. The van der Waals surface area contributed by atoms with Gasteiger partial charge in [0.2, 0.25) is 23.8 Å². The minimum atomic E-state index is -2.17. The Morgan fingerprint density at radius 3 is 1.97 bits per heavy atom. The summed E-state index contributed by atoms with van der Waals surface area (Å²) in [6, 6.07) is 8.73. The van der Waals surface area contributed by atoms with Gasteiger partial charge in [0.05, 0.1) is 12.7 Å². The van der Waals surface area contributed by atoms with Gasteiger partial charge in [0.1, 0.15) is 90.1 Å². The van der Waals surface area contributed by atoms with Gasteiger partial charge in [-0.25, -0.2) is 4.79 Å². The zero-order valence-electron chi connectivity index (χ0n) is 34.2. The van der Waals surface area contributed by atoms with Gasteiger partial charge in [0.25, 0.3) is 0 Å². The lowest BCUT2D eigenvalue weighted by atomic mass is 9.97. The Morgan fingerprint density at radius 1 is 0.652 bits per heavy atom. The molecule has 15 atom stereocenters. The fraction of sp³-hybridized carbons (Fsp3) is 0.429. The highest BCUT2D eigenvalue weighted by Gasteiger charge is 2.52. The summed E-state index contributed by atoms with van der Waals surface area (Å²) in [6.45, 7) is -0.343. The number of aromatic hydroxyl groups is 5. The Bertz CT molecular complexity index is 2470. The first-order valence-electron chi connectivity index (χ1n) is 20.0. The van der Waals surface area contributed by atoms with Crippen molar-refractivity contribution in [2.75, 3.05) is 13.2 Å². The van der Waals surface area contributed by atoms with Crippen molar-refractivity contribution in [3.63, 3.8) is 0 Å². The fourth-order valence-corrected chi connectivity index (χ4v) is 7.29. The molecule has 3 saturated heterocycles. The Morgan fingerprint density at radius 2 is 1.29 bits per heavy atom. The lowest BCUT2D eigenvalue weighted by molar-refractivity contribution is -0.358. The zero-order chi connectivity index (χ0) is 47.9. The molecule has 4 heterocycles. The first-order valence-corrected chi connectivity index (χ1v) is 20.0. The third-order valence-electron chi connectivity index (χ3n) is 11.0. The molecule has 14 N–H and O–H groups in total. The van der Waals surface area contributed by atoms with Gasteiger partial charge >= 0.3 is 5.97 Å². The van der Waals surface area contributed by atoms with Gasteiger partial charge in [-0.15, -0.1) is 0 Å². The monoisotopic (exact) mass is 934 g/mol. The van der Waals surface area contributed by atoms with Crippen LogP contribution in [0.4, 0.5) is 0 Å². The van der Waals surface area contributed by atoms with Crippen molar-refractivity contribution in [2.45, 2.75) is 99.0 Å². The molecule has 66 heavy (non-hydrogen) atoms. The van der Waals surface area contributed by atoms with Crippen molar-refractivity contribution in [3.05, 3.63) is 70.4 Å². The average molecular weight is 935 g/mol. The molecule has 0 amide bonds. The first-order chi connectivity index (χ1) is 31.3. The average Bonchev–Trinajstić information content (AvgIpc) is 3.28. The van der Waals surface area contributed by atoms with E-state index in [2.05, 4.69) is 0 Å². The molecule has 0 radical (unpaired) electrons. The summed E-state index contributed by atoms with van der Waals surface area (Å²) in [7, 11) is 0. The number of esters is 1. The van der Waals surface area contributed by atoms with Crippen LogP contribution in [-0.2, 0) is 28.5 Å². The summed E-state index contributed by atoms with van der Waals surface area (Å²) in [5.74, 6) is -5.87. The fourth-order valence-electron chi connectivity index (χ4n) is 7.29. The van der Waals surface area contributed by atoms with Gasteiger partial charge in [0.15, 0.2) is 41.2 Å². The topological polar surface area (TPSA) is 395 Å². The highest BCUT2D eigenvalue weighted by Crippen LogP contribution is 2.41. The van der Waals surface area contributed by atoms with Crippen molar-refractivity contribution in [1.82, 2.24) is 0 Å². The number of fused-ring (bicyclic) bond motifs is 1. The maximum absolute atomic E-state index is 14.5. The van der Waals surface area contributed by atoms with Gasteiger partial charge in [-0.3, -0.25) is 4.79 Å². The second kappa shape index (κ2) is 19.6. The smallest absolute Gasteiger partial charge is 0.330 e. The molecule has 15 unspecified atom stereocenters. The molecule has 358 valence electrons. The van der Waals surface area contributed by atoms with Crippen LogP contribution in [0.2, 0.25) is 0 Å². The minimum absolute atomic E-state index is 0.191. The Kier molecular flexibility index (Phi) is 14.3. The summed E-state index contributed by atoms with van der Waals surface area (Å²) >= 11 is 0. The van der Waals surface area contributed by atoms with E-state index in [4.69, 9.17) is 37.6 Å². The molecule has 0 saturated carbocycles. The van der Waals surface area contributed by atoms with E-state index >= 15 is 0 Å². The molecule has 0 bridgehead atoms. The molecule has 7 rings (SSSR count). The van der Waals surface area contributed by atoms with E-state index in [9.17, 15) is 81.1 Å². The van der Waals surface area contributed by atoms with Gasteiger partial charge in [-0.2, -0.15) is 0 Å². The number of hydrogen-bond acceptors (Lipinski definition) is 24. The molecule has 0 spiro atoms. The second-order valence-electron chi connectivity index (χ2n) is 15.6. The van der Waals surface area contributed by atoms with Gasteiger partial charge in [-0.1, -0.05) is 6.07 Å². The van der Waals surface area contributed by atoms with E-state index in [0.717, 1.165) is 48.5 Å². The molecule has 3 aliphatic rings. The number of rotatable bonds is 12. The number of aliphatic hydroxyl groups is 9. The Balaban J connectivity index is 1.26. The van der Waals surface area contributed by atoms with Crippen LogP contribution in [0.1, 0.15) is 12.5 Å².